The molecule has 0 saturated carbocycles. The Hall–Kier alpha value is -2.20. The second-order valence-corrected chi connectivity index (χ2v) is 5.68. The van der Waals surface area contributed by atoms with Crippen molar-refractivity contribution in [3.8, 4) is 11.3 Å². The minimum absolute atomic E-state index is 0.0325. The van der Waals surface area contributed by atoms with Crippen molar-refractivity contribution in [3.63, 3.8) is 0 Å². The van der Waals surface area contributed by atoms with Crippen molar-refractivity contribution in [2.45, 2.75) is 0 Å². The fraction of sp³-hybridized carbons (Fsp3) is 0. The summed E-state index contributed by atoms with van der Waals surface area (Å²) in [6.07, 6.45) is 0. The second kappa shape index (κ2) is 3.90. The van der Waals surface area contributed by atoms with Crippen LogP contribution in [0.4, 0.5) is 0 Å². The van der Waals surface area contributed by atoms with Crippen LogP contribution >= 0.6 is 15.9 Å². The Balaban J connectivity index is 2.24. The van der Waals surface area contributed by atoms with Gasteiger partial charge in [0.15, 0.2) is 5.78 Å². The molecule has 1 N–H and O–H groups in total. The number of fused-ring (bicyclic) bond motifs is 5. The van der Waals surface area contributed by atoms with Gasteiger partial charge in [-0.05, 0) is 18.2 Å². The summed E-state index contributed by atoms with van der Waals surface area (Å²) in [5.41, 5.74) is 2.48. The summed E-state index contributed by atoms with van der Waals surface area (Å²) in [5.74, 6) is -0.0325. The third kappa shape index (κ3) is 1.40. The number of rotatable bonds is 0. The van der Waals surface area contributed by atoms with E-state index in [1.54, 1.807) is 18.2 Å². The van der Waals surface area contributed by atoms with Crippen LogP contribution in [-0.4, -0.2) is 10.8 Å². The molecule has 4 heteroatoms. The molecule has 0 saturated heterocycles. The molecule has 1 heterocycles. The van der Waals surface area contributed by atoms with Crippen LogP contribution in [0, 0.1) is 0 Å². The number of ketones is 1. The van der Waals surface area contributed by atoms with E-state index in [0.717, 1.165) is 10.0 Å². The van der Waals surface area contributed by atoms with Crippen LogP contribution in [0.5, 0.6) is 0 Å². The van der Waals surface area contributed by atoms with Gasteiger partial charge < -0.3 is 4.98 Å². The van der Waals surface area contributed by atoms with E-state index in [1.807, 2.05) is 24.3 Å². The number of carbonyl (C=O) groups excluding carboxylic acids is 1. The minimum atomic E-state index is -0.171. The lowest BCUT2D eigenvalue weighted by molar-refractivity contribution is 0.104. The first-order valence-electron chi connectivity index (χ1n) is 6.16. The van der Waals surface area contributed by atoms with E-state index in [0.29, 0.717) is 27.6 Å². The van der Waals surface area contributed by atoms with Gasteiger partial charge in [-0.3, -0.25) is 9.59 Å². The number of benzene rings is 2. The van der Waals surface area contributed by atoms with Gasteiger partial charge in [0.2, 0.25) is 0 Å². The van der Waals surface area contributed by atoms with Gasteiger partial charge in [0.1, 0.15) is 0 Å². The molecule has 20 heavy (non-hydrogen) atoms. The first kappa shape index (κ1) is 11.6. The maximum absolute atomic E-state index is 12.6. The summed E-state index contributed by atoms with van der Waals surface area (Å²) in [7, 11) is 0. The van der Waals surface area contributed by atoms with Crippen molar-refractivity contribution in [1.82, 2.24) is 4.98 Å². The molecule has 0 spiro atoms. The van der Waals surface area contributed by atoms with Crippen molar-refractivity contribution in [2.75, 3.05) is 0 Å². The Morgan fingerprint density at radius 2 is 1.65 bits per heavy atom. The van der Waals surface area contributed by atoms with Crippen LogP contribution in [-0.2, 0) is 0 Å². The van der Waals surface area contributed by atoms with Gasteiger partial charge in [0, 0.05) is 26.4 Å². The van der Waals surface area contributed by atoms with E-state index in [4.69, 9.17) is 0 Å². The molecular formula is C16H8BrNO2. The molecule has 96 valence electrons. The van der Waals surface area contributed by atoms with Crippen LogP contribution < -0.4 is 5.56 Å². The molecule has 2 aromatic carbocycles. The van der Waals surface area contributed by atoms with Gasteiger partial charge in [0.05, 0.1) is 11.3 Å². The molecule has 0 atom stereocenters. The van der Waals surface area contributed by atoms with Crippen molar-refractivity contribution >= 4 is 32.5 Å². The molecule has 3 nitrogen and oxygen atoms in total. The maximum Gasteiger partial charge on any atom is 0.256 e. The molecule has 3 aromatic rings. The van der Waals surface area contributed by atoms with E-state index in [-0.39, 0.29) is 11.3 Å². The number of carbonyl (C=O) groups is 1. The molecule has 1 aliphatic carbocycles. The second-order valence-electron chi connectivity index (χ2n) is 4.77. The van der Waals surface area contributed by atoms with Gasteiger partial charge in [-0.15, -0.1) is 0 Å². The largest absolute Gasteiger partial charge is 0.321 e. The summed E-state index contributed by atoms with van der Waals surface area (Å²) >= 11 is 3.40. The Kier molecular flexibility index (Phi) is 2.26. The number of aromatic amines is 1. The third-order valence-corrected chi connectivity index (χ3v) is 4.15. The first-order valence-corrected chi connectivity index (χ1v) is 6.96. The van der Waals surface area contributed by atoms with E-state index < -0.39 is 0 Å². The Morgan fingerprint density at radius 1 is 0.900 bits per heavy atom. The van der Waals surface area contributed by atoms with Crippen molar-refractivity contribution in [3.05, 3.63) is 68.4 Å². The highest BCUT2D eigenvalue weighted by Gasteiger charge is 2.29. The topological polar surface area (TPSA) is 49.9 Å². The predicted octanol–water partition coefficient (Wildman–Crippen LogP) is 3.50. The molecule has 0 fully saturated rings. The lowest BCUT2D eigenvalue weighted by Gasteiger charge is -2.04. The van der Waals surface area contributed by atoms with Gasteiger partial charge in [-0.1, -0.05) is 40.2 Å². The fourth-order valence-corrected chi connectivity index (χ4v) is 3.13. The van der Waals surface area contributed by atoms with Gasteiger partial charge in [-0.2, -0.15) is 0 Å². The molecule has 0 amide bonds. The highest BCUT2D eigenvalue weighted by molar-refractivity contribution is 9.10. The van der Waals surface area contributed by atoms with Crippen LogP contribution in [0.3, 0.4) is 0 Å². The van der Waals surface area contributed by atoms with Crippen molar-refractivity contribution in [1.29, 1.82) is 0 Å². The number of halogens is 1. The predicted molar refractivity (Wildman–Crippen MR) is 81.1 cm³/mol. The number of nitrogens with one attached hydrogen (secondary N) is 1. The summed E-state index contributed by atoms with van der Waals surface area (Å²) in [5, 5.41) is 1.23. The summed E-state index contributed by atoms with van der Waals surface area (Å²) in [6, 6.07) is 12.7. The van der Waals surface area contributed by atoms with Crippen molar-refractivity contribution in [2.24, 2.45) is 0 Å². The van der Waals surface area contributed by atoms with Gasteiger partial charge >= 0.3 is 0 Å². The zero-order chi connectivity index (χ0) is 13.9. The number of hydrogen-bond donors (Lipinski definition) is 1. The monoisotopic (exact) mass is 325 g/mol. The molecule has 0 unspecified atom stereocenters. The molecule has 4 rings (SSSR count). The van der Waals surface area contributed by atoms with Crippen LogP contribution in [0.2, 0.25) is 0 Å². The van der Waals surface area contributed by atoms with E-state index in [1.165, 1.54) is 0 Å². The Morgan fingerprint density at radius 3 is 2.45 bits per heavy atom. The van der Waals surface area contributed by atoms with Crippen LogP contribution in [0.1, 0.15) is 15.9 Å². The molecule has 0 aliphatic heterocycles. The van der Waals surface area contributed by atoms with E-state index in [9.17, 15) is 9.59 Å². The molecule has 0 bridgehead atoms. The lowest BCUT2D eigenvalue weighted by Crippen LogP contribution is -2.10. The highest BCUT2D eigenvalue weighted by Crippen LogP contribution is 2.37. The van der Waals surface area contributed by atoms with Gasteiger partial charge in [0.25, 0.3) is 5.56 Å². The van der Waals surface area contributed by atoms with Crippen LogP contribution in [0.25, 0.3) is 22.0 Å². The van der Waals surface area contributed by atoms with Crippen LogP contribution in [0.15, 0.2) is 51.7 Å². The first-order chi connectivity index (χ1) is 9.66. The quantitative estimate of drug-likeness (QED) is 0.538. The number of pyridine rings is 1. The molecule has 1 aromatic heterocycles. The summed E-state index contributed by atoms with van der Waals surface area (Å²) in [4.78, 5) is 27.6. The molecule has 0 radical (unpaired) electrons. The standard InChI is InChI=1S/C16H8BrNO2/c17-8-5-6-11-12(7-8)13-14(18-16(11)20)9-3-1-2-4-10(9)15(13)19/h1-7H,(H,18,20). The minimum Gasteiger partial charge on any atom is -0.321 e. The summed E-state index contributed by atoms with van der Waals surface area (Å²) < 4.78 is 0.849. The van der Waals surface area contributed by atoms with Crippen molar-refractivity contribution < 1.29 is 4.79 Å². The van der Waals surface area contributed by atoms with E-state index in [2.05, 4.69) is 20.9 Å². The average Bonchev–Trinajstić information content (AvgIpc) is 2.73. The molecule has 1 aliphatic rings. The van der Waals surface area contributed by atoms with E-state index >= 15 is 0 Å². The Bertz CT molecular complexity index is 956. The SMILES string of the molecule is O=C1c2ccccc2-c2[nH]c(=O)c3ccc(Br)cc3c21. The lowest BCUT2D eigenvalue weighted by atomic mass is 10.0. The highest BCUT2D eigenvalue weighted by atomic mass is 79.9. The molecular weight excluding hydrogens is 318 g/mol. The normalized spacial score (nSPS) is 12.6. The third-order valence-electron chi connectivity index (χ3n) is 3.65. The summed E-state index contributed by atoms with van der Waals surface area (Å²) in [6.45, 7) is 0. The number of hydrogen-bond acceptors (Lipinski definition) is 2. The van der Waals surface area contributed by atoms with Gasteiger partial charge in [-0.25, -0.2) is 0 Å². The Labute approximate surface area is 122 Å². The fourth-order valence-electron chi connectivity index (χ4n) is 2.77. The number of aromatic nitrogens is 1. The zero-order valence-corrected chi connectivity index (χ0v) is 11.8. The smallest absolute Gasteiger partial charge is 0.256 e. The zero-order valence-electron chi connectivity index (χ0n) is 10.2. The average molecular weight is 326 g/mol. The maximum atomic E-state index is 12.6. The number of H-pyrrole nitrogens is 1.